The molecular formula is C20H25N7O2. The molecule has 4 rings (SSSR count). The van der Waals surface area contributed by atoms with Gasteiger partial charge < -0.3 is 24.9 Å². The molecule has 2 N–H and O–H groups in total. The Morgan fingerprint density at radius 2 is 2.00 bits per heavy atom. The van der Waals surface area contributed by atoms with Gasteiger partial charge in [-0.1, -0.05) is 6.92 Å². The van der Waals surface area contributed by atoms with E-state index in [9.17, 15) is 4.79 Å². The first kappa shape index (κ1) is 19.2. The van der Waals surface area contributed by atoms with Crippen LogP contribution >= 0.6 is 0 Å². The monoisotopic (exact) mass is 395 g/mol. The molecule has 0 atom stereocenters. The first-order chi connectivity index (χ1) is 14.1. The van der Waals surface area contributed by atoms with Crippen LogP contribution in [0.2, 0.25) is 0 Å². The molecule has 0 aromatic carbocycles. The number of hydrogen-bond acceptors (Lipinski definition) is 8. The van der Waals surface area contributed by atoms with Crippen LogP contribution in [0.4, 0.5) is 17.5 Å². The molecule has 2 aliphatic rings. The van der Waals surface area contributed by atoms with Gasteiger partial charge in [0.25, 0.3) is 5.91 Å². The maximum absolute atomic E-state index is 12.6. The summed E-state index contributed by atoms with van der Waals surface area (Å²) in [6, 6.07) is 4.84. The lowest BCUT2D eigenvalue weighted by Gasteiger charge is -2.33. The minimum Gasteiger partial charge on any atom is -0.440 e. The van der Waals surface area contributed by atoms with Crippen molar-refractivity contribution in [3.05, 3.63) is 29.9 Å². The third-order valence-corrected chi connectivity index (χ3v) is 5.44. The number of piperidine rings is 1. The first-order valence-corrected chi connectivity index (χ1v) is 10.0. The summed E-state index contributed by atoms with van der Waals surface area (Å²) in [7, 11) is 0. The zero-order chi connectivity index (χ0) is 20.2. The number of anilines is 3. The number of furan rings is 1. The Kier molecular flexibility index (Phi) is 5.62. The highest BCUT2D eigenvalue weighted by Gasteiger charge is 2.24. The van der Waals surface area contributed by atoms with Crippen molar-refractivity contribution in [2.24, 2.45) is 5.92 Å². The Labute approximate surface area is 169 Å². The second-order valence-electron chi connectivity index (χ2n) is 7.54. The van der Waals surface area contributed by atoms with E-state index >= 15 is 0 Å². The maximum Gasteiger partial charge on any atom is 0.292 e. The lowest BCUT2D eigenvalue weighted by atomic mass is 9.99. The van der Waals surface area contributed by atoms with Gasteiger partial charge in [0.15, 0.2) is 17.4 Å². The van der Waals surface area contributed by atoms with E-state index in [0.717, 1.165) is 57.9 Å². The van der Waals surface area contributed by atoms with Crippen molar-refractivity contribution >= 4 is 23.4 Å². The summed E-state index contributed by atoms with van der Waals surface area (Å²) < 4.78 is 5.24. The van der Waals surface area contributed by atoms with Gasteiger partial charge in [-0.15, -0.1) is 0 Å². The van der Waals surface area contributed by atoms with Gasteiger partial charge in [-0.05, 0) is 30.9 Å². The number of nitrogens with zero attached hydrogens (tertiary/aromatic N) is 5. The zero-order valence-corrected chi connectivity index (χ0v) is 16.5. The van der Waals surface area contributed by atoms with Crippen molar-refractivity contribution in [2.75, 3.05) is 54.4 Å². The average Bonchev–Trinajstić information content (AvgIpc) is 3.25. The highest BCUT2D eigenvalue weighted by Crippen LogP contribution is 2.29. The Balaban J connectivity index is 1.60. The van der Waals surface area contributed by atoms with Gasteiger partial charge in [-0.3, -0.25) is 4.79 Å². The smallest absolute Gasteiger partial charge is 0.292 e. The number of nitrogens with one attached hydrogen (secondary N) is 2. The van der Waals surface area contributed by atoms with Gasteiger partial charge in [0.05, 0.1) is 6.20 Å². The molecule has 0 radical (unpaired) electrons. The lowest BCUT2D eigenvalue weighted by Crippen LogP contribution is -2.44. The van der Waals surface area contributed by atoms with Crippen LogP contribution in [0.15, 0.2) is 22.7 Å². The number of nitriles is 1. The van der Waals surface area contributed by atoms with E-state index in [2.05, 4.69) is 32.3 Å². The van der Waals surface area contributed by atoms with Crippen LogP contribution in [-0.2, 0) is 0 Å². The number of rotatable bonds is 4. The van der Waals surface area contributed by atoms with Crippen molar-refractivity contribution < 1.29 is 9.21 Å². The Bertz CT molecular complexity index is 906. The number of aromatic nitrogens is 2. The molecule has 2 aromatic heterocycles. The van der Waals surface area contributed by atoms with Gasteiger partial charge in [-0.2, -0.15) is 5.26 Å². The van der Waals surface area contributed by atoms with E-state index in [1.54, 1.807) is 6.20 Å². The molecule has 2 saturated heterocycles. The van der Waals surface area contributed by atoms with Crippen molar-refractivity contribution in [3.8, 4) is 6.07 Å². The predicted molar refractivity (Wildman–Crippen MR) is 109 cm³/mol. The molecule has 9 nitrogen and oxygen atoms in total. The predicted octanol–water partition coefficient (Wildman–Crippen LogP) is 1.84. The van der Waals surface area contributed by atoms with Gasteiger partial charge in [-0.25, -0.2) is 9.97 Å². The van der Waals surface area contributed by atoms with Crippen LogP contribution in [0.1, 0.15) is 36.1 Å². The number of piperazine rings is 1. The molecule has 0 bridgehead atoms. The summed E-state index contributed by atoms with van der Waals surface area (Å²) in [6.45, 7) is 7.59. The van der Waals surface area contributed by atoms with Gasteiger partial charge >= 0.3 is 0 Å². The molecule has 29 heavy (non-hydrogen) atoms. The van der Waals surface area contributed by atoms with E-state index < -0.39 is 5.91 Å². The number of hydrogen-bond donors (Lipinski definition) is 2. The van der Waals surface area contributed by atoms with Gasteiger partial charge in [0, 0.05) is 39.3 Å². The second-order valence-corrected chi connectivity index (χ2v) is 7.54. The molecule has 2 aliphatic heterocycles. The van der Waals surface area contributed by atoms with Crippen molar-refractivity contribution in [2.45, 2.75) is 19.8 Å². The number of amides is 1. The fraction of sp³-hybridized carbons (Fsp3) is 0.500. The Morgan fingerprint density at radius 3 is 2.69 bits per heavy atom. The van der Waals surface area contributed by atoms with E-state index in [0.29, 0.717) is 17.6 Å². The summed E-state index contributed by atoms with van der Waals surface area (Å²) in [5.41, 5.74) is 0. The van der Waals surface area contributed by atoms with Gasteiger partial charge in [0.2, 0.25) is 5.76 Å². The van der Waals surface area contributed by atoms with Gasteiger partial charge in [0.1, 0.15) is 11.9 Å². The SMILES string of the molecule is CC1CCN(c2nc(N3CCNCC3)cnc2NC(=O)c2ccc(C#N)o2)CC1. The van der Waals surface area contributed by atoms with Crippen LogP contribution in [0.3, 0.4) is 0 Å². The molecular weight excluding hydrogens is 370 g/mol. The minimum atomic E-state index is -0.442. The normalized spacial score (nSPS) is 17.8. The largest absolute Gasteiger partial charge is 0.440 e. The van der Waals surface area contributed by atoms with Crippen LogP contribution < -0.4 is 20.4 Å². The fourth-order valence-corrected chi connectivity index (χ4v) is 3.63. The molecule has 2 aromatic rings. The third kappa shape index (κ3) is 4.32. The lowest BCUT2D eigenvalue weighted by molar-refractivity contribution is 0.0995. The number of carbonyl (C=O) groups excluding carboxylic acids is 1. The van der Waals surface area contributed by atoms with Crippen LogP contribution in [0, 0.1) is 17.2 Å². The van der Waals surface area contributed by atoms with Crippen LogP contribution in [-0.4, -0.2) is 55.1 Å². The highest BCUT2D eigenvalue weighted by molar-refractivity contribution is 6.03. The molecule has 0 spiro atoms. The van der Waals surface area contributed by atoms with E-state index in [4.69, 9.17) is 14.7 Å². The Morgan fingerprint density at radius 1 is 1.24 bits per heavy atom. The fourth-order valence-electron chi connectivity index (χ4n) is 3.63. The minimum absolute atomic E-state index is 0.0766. The van der Waals surface area contributed by atoms with Crippen LogP contribution in [0.25, 0.3) is 0 Å². The van der Waals surface area contributed by atoms with Crippen molar-refractivity contribution in [1.29, 1.82) is 5.26 Å². The quantitative estimate of drug-likeness (QED) is 0.807. The molecule has 152 valence electrons. The van der Waals surface area contributed by atoms with E-state index in [-0.39, 0.29) is 11.5 Å². The summed E-state index contributed by atoms with van der Waals surface area (Å²) in [6.07, 6.45) is 3.87. The standard InChI is InChI=1S/C20H25N7O2/c1-14-4-8-27(9-5-14)19-18(25-20(28)16-3-2-15(12-21)29-16)23-13-17(24-19)26-10-6-22-7-11-26/h2-3,13-14,22H,4-11H2,1H3,(H,23,25,28). The van der Waals surface area contributed by atoms with E-state index in [1.807, 2.05) is 6.07 Å². The molecule has 1 amide bonds. The summed E-state index contributed by atoms with van der Waals surface area (Å²) in [5.74, 6) is 2.34. The third-order valence-electron chi connectivity index (χ3n) is 5.44. The first-order valence-electron chi connectivity index (χ1n) is 10.0. The second kappa shape index (κ2) is 8.49. The summed E-state index contributed by atoms with van der Waals surface area (Å²) in [4.78, 5) is 26.4. The van der Waals surface area contributed by atoms with Crippen molar-refractivity contribution in [3.63, 3.8) is 0 Å². The Hall–Kier alpha value is -3.12. The topological polar surface area (TPSA) is 110 Å². The van der Waals surface area contributed by atoms with Crippen molar-refractivity contribution in [1.82, 2.24) is 15.3 Å². The average molecular weight is 395 g/mol. The summed E-state index contributed by atoms with van der Waals surface area (Å²) >= 11 is 0. The number of carbonyl (C=O) groups is 1. The molecule has 0 unspecified atom stereocenters. The zero-order valence-electron chi connectivity index (χ0n) is 16.5. The van der Waals surface area contributed by atoms with Crippen LogP contribution in [0.5, 0.6) is 0 Å². The van der Waals surface area contributed by atoms with E-state index in [1.165, 1.54) is 12.1 Å². The maximum atomic E-state index is 12.6. The molecule has 9 heteroatoms. The molecule has 2 fully saturated rings. The summed E-state index contributed by atoms with van der Waals surface area (Å²) in [5, 5.41) is 15.1. The molecule has 4 heterocycles. The molecule has 0 aliphatic carbocycles. The molecule has 0 saturated carbocycles. The highest BCUT2D eigenvalue weighted by atomic mass is 16.3.